The monoisotopic (exact) mass is 561 g/mol. The van der Waals surface area contributed by atoms with Gasteiger partial charge in [0, 0.05) is 36.8 Å². The maximum absolute atomic E-state index is 11.6. The van der Waals surface area contributed by atoms with Gasteiger partial charge in [-0.2, -0.15) is 0 Å². The second-order valence-electron chi connectivity index (χ2n) is 9.84. The van der Waals surface area contributed by atoms with E-state index in [2.05, 4.69) is 25.5 Å². The van der Waals surface area contributed by atoms with Crippen LogP contribution in [0.1, 0.15) is 18.4 Å². The Balaban J connectivity index is 1.19. The second-order valence-corrected chi connectivity index (χ2v) is 12.1. The molecule has 0 aliphatic carbocycles. The first kappa shape index (κ1) is 27.7. The molecule has 5 rings (SSSR count). The van der Waals surface area contributed by atoms with Crippen LogP contribution < -0.4 is 20.1 Å². The SMILES string of the molecule is COc1cc2ncnc(Nc3ccc(OCc4ccccc4)cc3)c2cc1NCCCCN1CCS(=O)(=O)CC1. The highest BCUT2D eigenvalue weighted by atomic mass is 32.2. The lowest BCUT2D eigenvalue weighted by molar-refractivity contribution is 0.290. The molecule has 10 heteroatoms. The van der Waals surface area contributed by atoms with Crippen LogP contribution in [0.4, 0.5) is 17.2 Å². The van der Waals surface area contributed by atoms with Crippen LogP contribution in [0.5, 0.6) is 11.5 Å². The van der Waals surface area contributed by atoms with Crippen LogP contribution in [0, 0.1) is 0 Å². The van der Waals surface area contributed by atoms with Gasteiger partial charge in [-0.25, -0.2) is 18.4 Å². The molecule has 0 bridgehead atoms. The second kappa shape index (κ2) is 13.0. The predicted octanol–water partition coefficient (Wildman–Crippen LogP) is 4.88. The molecule has 0 radical (unpaired) electrons. The van der Waals surface area contributed by atoms with Gasteiger partial charge in [0.25, 0.3) is 0 Å². The Morgan fingerprint density at radius 3 is 2.48 bits per heavy atom. The van der Waals surface area contributed by atoms with Gasteiger partial charge in [-0.1, -0.05) is 30.3 Å². The highest BCUT2D eigenvalue weighted by Crippen LogP contribution is 2.33. The first-order valence-corrected chi connectivity index (χ1v) is 15.3. The largest absolute Gasteiger partial charge is 0.495 e. The van der Waals surface area contributed by atoms with Gasteiger partial charge in [0.05, 0.1) is 29.8 Å². The summed E-state index contributed by atoms with van der Waals surface area (Å²) in [5.74, 6) is 2.75. The molecule has 0 spiro atoms. The minimum absolute atomic E-state index is 0.268. The van der Waals surface area contributed by atoms with E-state index < -0.39 is 9.84 Å². The Bertz CT molecular complexity index is 1500. The summed E-state index contributed by atoms with van der Waals surface area (Å²) in [4.78, 5) is 11.2. The molecular formula is C30H35N5O4S. The number of methoxy groups -OCH3 is 1. The third-order valence-electron chi connectivity index (χ3n) is 6.98. The number of benzene rings is 3. The molecule has 9 nitrogen and oxygen atoms in total. The van der Waals surface area contributed by atoms with E-state index >= 15 is 0 Å². The first-order chi connectivity index (χ1) is 19.5. The van der Waals surface area contributed by atoms with Gasteiger partial charge in [-0.15, -0.1) is 0 Å². The molecule has 2 heterocycles. The van der Waals surface area contributed by atoms with Crippen molar-refractivity contribution in [3.63, 3.8) is 0 Å². The third-order valence-corrected chi connectivity index (χ3v) is 8.58. The number of hydrogen-bond acceptors (Lipinski definition) is 9. The number of ether oxygens (including phenoxy) is 2. The van der Waals surface area contributed by atoms with Crippen molar-refractivity contribution in [2.45, 2.75) is 19.4 Å². The lowest BCUT2D eigenvalue weighted by Gasteiger charge is -2.26. The Morgan fingerprint density at radius 1 is 0.950 bits per heavy atom. The number of hydrogen-bond donors (Lipinski definition) is 2. The smallest absolute Gasteiger partial charge is 0.152 e. The molecule has 2 N–H and O–H groups in total. The van der Waals surface area contributed by atoms with Crippen LogP contribution in [0.3, 0.4) is 0 Å². The van der Waals surface area contributed by atoms with E-state index in [-0.39, 0.29) is 11.5 Å². The van der Waals surface area contributed by atoms with Crippen molar-refractivity contribution in [3.8, 4) is 11.5 Å². The highest BCUT2D eigenvalue weighted by Gasteiger charge is 2.20. The molecule has 1 fully saturated rings. The van der Waals surface area contributed by atoms with Crippen molar-refractivity contribution in [1.82, 2.24) is 14.9 Å². The summed E-state index contributed by atoms with van der Waals surface area (Å²) in [5, 5.41) is 7.78. The maximum Gasteiger partial charge on any atom is 0.152 e. The standard InChI is InChI=1S/C30H35N5O4S/c1-38-29-20-27-26(19-28(29)31-13-5-6-14-35-15-17-40(36,37)18-16-35)30(33-22-32-27)34-24-9-11-25(12-10-24)39-21-23-7-3-2-4-8-23/h2-4,7-12,19-20,22,31H,5-6,13-18,21H2,1H3,(H,32,33,34). The number of sulfone groups is 1. The van der Waals surface area contributed by atoms with Gasteiger partial charge >= 0.3 is 0 Å². The average molecular weight is 562 g/mol. The van der Waals surface area contributed by atoms with Gasteiger partial charge in [0.2, 0.25) is 0 Å². The summed E-state index contributed by atoms with van der Waals surface area (Å²) in [6.07, 6.45) is 3.49. The summed E-state index contributed by atoms with van der Waals surface area (Å²) in [7, 11) is -1.19. The van der Waals surface area contributed by atoms with Crippen LogP contribution in [0.25, 0.3) is 10.9 Å². The zero-order valence-corrected chi connectivity index (χ0v) is 23.5. The molecule has 1 aliphatic rings. The van der Waals surface area contributed by atoms with Crippen molar-refractivity contribution < 1.29 is 17.9 Å². The van der Waals surface area contributed by atoms with Crippen LogP contribution in [-0.2, 0) is 16.4 Å². The number of aromatic nitrogens is 2. The van der Waals surface area contributed by atoms with Crippen molar-refractivity contribution in [2.75, 3.05) is 55.4 Å². The fourth-order valence-corrected chi connectivity index (χ4v) is 5.94. The van der Waals surface area contributed by atoms with E-state index in [4.69, 9.17) is 9.47 Å². The van der Waals surface area contributed by atoms with Gasteiger partial charge < -0.3 is 25.0 Å². The normalized spacial score (nSPS) is 15.0. The van der Waals surface area contributed by atoms with E-state index in [0.29, 0.717) is 25.5 Å². The molecule has 1 aliphatic heterocycles. The van der Waals surface area contributed by atoms with E-state index in [9.17, 15) is 8.42 Å². The van der Waals surface area contributed by atoms with E-state index in [1.54, 1.807) is 13.4 Å². The number of nitrogens with one attached hydrogen (secondary N) is 2. The Labute approximate surface area is 235 Å². The molecular weight excluding hydrogens is 526 g/mol. The third kappa shape index (κ3) is 7.40. The Hall–Kier alpha value is -3.89. The number of unbranched alkanes of at least 4 members (excludes halogenated alkanes) is 1. The molecule has 210 valence electrons. The minimum Gasteiger partial charge on any atom is -0.495 e. The fourth-order valence-electron chi connectivity index (χ4n) is 4.66. The van der Waals surface area contributed by atoms with Crippen molar-refractivity contribution in [1.29, 1.82) is 0 Å². The summed E-state index contributed by atoms with van der Waals surface area (Å²) in [6.45, 7) is 3.46. The van der Waals surface area contributed by atoms with Crippen LogP contribution >= 0.6 is 0 Å². The summed E-state index contributed by atoms with van der Waals surface area (Å²) >= 11 is 0. The van der Waals surface area contributed by atoms with Crippen molar-refractivity contribution >= 4 is 37.9 Å². The van der Waals surface area contributed by atoms with Gasteiger partial charge in [-0.05, 0) is 55.3 Å². The molecule has 1 saturated heterocycles. The van der Waals surface area contributed by atoms with Crippen molar-refractivity contribution in [2.24, 2.45) is 0 Å². The average Bonchev–Trinajstić information content (AvgIpc) is 2.98. The van der Waals surface area contributed by atoms with E-state index in [1.807, 2.05) is 66.7 Å². The summed E-state index contributed by atoms with van der Waals surface area (Å²) in [5.41, 5.74) is 3.67. The minimum atomic E-state index is -2.84. The first-order valence-electron chi connectivity index (χ1n) is 13.5. The van der Waals surface area contributed by atoms with Crippen LogP contribution in [0.2, 0.25) is 0 Å². The fraction of sp³-hybridized carbons (Fsp3) is 0.333. The van der Waals surface area contributed by atoms with Crippen LogP contribution in [-0.4, -0.2) is 68.1 Å². The molecule has 1 aromatic heterocycles. The number of nitrogens with zero attached hydrogens (tertiary/aromatic N) is 3. The molecule has 0 amide bonds. The Morgan fingerprint density at radius 2 is 1.73 bits per heavy atom. The molecule has 0 unspecified atom stereocenters. The maximum atomic E-state index is 11.6. The number of anilines is 3. The molecule has 4 aromatic rings. The lowest BCUT2D eigenvalue weighted by atomic mass is 10.1. The molecule has 40 heavy (non-hydrogen) atoms. The van der Waals surface area contributed by atoms with Gasteiger partial charge in [-0.3, -0.25) is 0 Å². The van der Waals surface area contributed by atoms with Gasteiger partial charge in [0.15, 0.2) is 9.84 Å². The van der Waals surface area contributed by atoms with E-state index in [1.165, 1.54) is 0 Å². The van der Waals surface area contributed by atoms with Crippen LogP contribution in [0.15, 0.2) is 73.1 Å². The number of fused-ring (bicyclic) bond motifs is 1. The van der Waals surface area contributed by atoms with E-state index in [0.717, 1.165) is 65.3 Å². The topological polar surface area (TPSA) is 106 Å². The molecule has 0 atom stereocenters. The zero-order valence-electron chi connectivity index (χ0n) is 22.7. The lowest BCUT2D eigenvalue weighted by Crippen LogP contribution is -2.40. The quantitative estimate of drug-likeness (QED) is 0.234. The number of rotatable bonds is 12. The molecule has 3 aromatic carbocycles. The zero-order chi connectivity index (χ0) is 27.8. The summed E-state index contributed by atoms with van der Waals surface area (Å²) < 4.78 is 34.8. The predicted molar refractivity (Wildman–Crippen MR) is 159 cm³/mol. The van der Waals surface area contributed by atoms with Crippen molar-refractivity contribution in [3.05, 3.63) is 78.6 Å². The summed E-state index contributed by atoms with van der Waals surface area (Å²) in [6, 6.07) is 21.8. The Kier molecular flexibility index (Phi) is 8.98. The molecule has 0 saturated carbocycles. The van der Waals surface area contributed by atoms with Gasteiger partial charge in [0.1, 0.15) is 30.3 Å². The highest BCUT2D eigenvalue weighted by molar-refractivity contribution is 7.91.